The molecular formula is C7H13N3OS. The first-order valence-electron chi connectivity index (χ1n) is 3.94. The van der Waals surface area contributed by atoms with Crippen LogP contribution in [0.25, 0.3) is 0 Å². The Morgan fingerprint density at radius 2 is 2.58 bits per heavy atom. The minimum atomic E-state index is 0.290. The number of anilines is 1. The number of aromatic nitrogens is 2. The Hall–Kier alpha value is -0.680. The van der Waals surface area contributed by atoms with Crippen LogP contribution >= 0.6 is 11.5 Å². The van der Waals surface area contributed by atoms with E-state index in [0.717, 1.165) is 11.7 Å². The molecule has 0 bridgehead atoms. The molecule has 1 heterocycles. The van der Waals surface area contributed by atoms with E-state index in [9.17, 15) is 0 Å². The van der Waals surface area contributed by atoms with Gasteiger partial charge in [0.2, 0.25) is 5.13 Å². The third-order valence-corrected chi connectivity index (χ3v) is 1.90. The molecule has 0 aromatic carbocycles. The monoisotopic (exact) mass is 187 g/mol. The molecule has 1 aromatic heterocycles. The molecule has 0 spiro atoms. The lowest BCUT2D eigenvalue weighted by molar-refractivity contribution is 0.141. The van der Waals surface area contributed by atoms with Crippen molar-refractivity contribution >= 4 is 16.7 Å². The van der Waals surface area contributed by atoms with Crippen LogP contribution in [0.5, 0.6) is 0 Å². The van der Waals surface area contributed by atoms with E-state index >= 15 is 0 Å². The van der Waals surface area contributed by atoms with Gasteiger partial charge in [0.05, 0.1) is 6.61 Å². The number of ether oxygens (including phenoxy) is 1. The fourth-order valence-electron chi connectivity index (χ4n) is 0.784. The first-order chi connectivity index (χ1) is 5.83. The summed E-state index contributed by atoms with van der Waals surface area (Å²) in [6.45, 7) is 5.49. The van der Waals surface area contributed by atoms with Crippen molar-refractivity contribution in [3.63, 3.8) is 0 Å². The molecule has 0 saturated carbocycles. The van der Waals surface area contributed by atoms with Gasteiger partial charge in [-0.05, 0) is 13.8 Å². The van der Waals surface area contributed by atoms with Gasteiger partial charge in [-0.25, -0.2) is 4.98 Å². The maximum Gasteiger partial charge on any atom is 0.202 e. The van der Waals surface area contributed by atoms with Crippen molar-refractivity contribution < 1.29 is 4.74 Å². The molecule has 0 saturated heterocycles. The average Bonchev–Trinajstić information content (AvgIpc) is 2.53. The van der Waals surface area contributed by atoms with Crippen LogP contribution in [-0.2, 0) is 4.74 Å². The molecule has 0 aliphatic carbocycles. The number of nitrogens with zero attached hydrogens (tertiary/aromatic N) is 2. The van der Waals surface area contributed by atoms with E-state index in [1.807, 2.05) is 6.92 Å². The second-order valence-corrected chi connectivity index (χ2v) is 3.23. The Balaban J connectivity index is 2.22. The van der Waals surface area contributed by atoms with Gasteiger partial charge in [-0.15, -0.1) is 0 Å². The maximum absolute atomic E-state index is 5.24. The summed E-state index contributed by atoms with van der Waals surface area (Å²) in [5, 5.41) is 4.03. The minimum Gasteiger partial charge on any atom is -0.380 e. The summed E-state index contributed by atoms with van der Waals surface area (Å²) in [5.74, 6) is 0. The van der Waals surface area contributed by atoms with E-state index in [2.05, 4.69) is 21.6 Å². The Bertz CT molecular complexity index is 202. The zero-order valence-electron chi connectivity index (χ0n) is 7.28. The molecule has 68 valence electrons. The van der Waals surface area contributed by atoms with Gasteiger partial charge in [-0.1, -0.05) is 0 Å². The highest BCUT2D eigenvalue weighted by molar-refractivity contribution is 7.09. The van der Waals surface area contributed by atoms with E-state index < -0.39 is 0 Å². The van der Waals surface area contributed by atoms with E-state index in [-0.39, 0.29) is 6.04 Å². The molecule has 0 amide bonds. The van der Waals surface area contributed by atoms with E-state index in [1.54, 1.807) is 6.33 Å². The average molecular weight is 187 g/mol. The summed E-state index contributed by atoms with van der Waals surface area (Å²) in [7, 11) is 0. The molecule has 1 aromatic rings. The quantitative estimate of drug-likeness (QED) is 0.756. The van der Waals surface area contributed by atoms with Crippen molar-refractivity contribution in [2.24, 2.45) is 0 Å². The summed E-state index contributed by atoms with van der Waals surface area (Å²) in [5.41, 5.74) is 0. The van der Waals surface area contributed by atoms with Crippen molar-refractivity contribution in [2.45, 2.75) is 19.9 Å². The lowest BCUT2D eigenvalue weighted by Gasteiger charge is -2.11. The fourth-order valence-corrected chi connectivity index (χ4v) is 1.33. The van der Waals surface area contributed by atoms with Gasteiger partial charge in [0.25, 0.3) is 0 Å². The van der Waals surface area contributed by atoms with E-state index in [4.69, 9.17) is 4.74 Å². The Kier molecular flexibility index (Phi) is 3.96. The molecule has 1 atom stereocenters. The van der Waals surface area contributed by atoms with Crippen LogP contribution in [0.2, 0.25) is 0 Å². The lowest BCUT2D eigenvalue weighted by atomic mass is 10.4. The molecule has 0 aliphatic rings. The van der Waals surface area contributed by atoms with Crippen LogP contribution in [0.3, 0.4) is 0 Å². The van der Waals surface area contributed by atoms with Crippen molar-refractivity contribution in [1.29, 1.82) is 0 Å². The SMILES string of the molecule is CCOCC(C)Nc1ncns1. The summed E-state index contributed by atoms with van der Waals surface area (Å²) in [4.78, 5) is 4.01. The normalized spacial score (nSPS) is 12.8. The second kappa shape index (κ2) is 5.05. The Labute approximate surface area is 76.1 Å². The molecule has 12 heavy (non-hydrogen) atoms. The third-order valence-electron chi connectivity index (χ3n) is 1.30. The number of rotatable bonds is 5. The van der Waals surface area contributed by atoms with Crippen LogP contribution in [0.15, 0.2) is 6.33 Å². The lowest BCUT2D eigenvalue weighted by Crippen LogP contribution is -2.21. The Morgan fingerprint density at radius 3 is 3.17 bits per heavy atom. The summed E-state index contributed by atoms with van der Waals surface area (Å²) in [6, 6.07) is 0.290. The van der Waals surface area contributed by atoms with Crippen LogP contribution in [0.1, 0.15) is 13.8 Å². The van der Waals surface area contributed by atoms with Crippen molar-refractivity contribution in [2.75, 3.05) is 18.5 Å². The van der Waals surface area contributed by atoms with E-state index in [1.165, 1.54) is 11.5 Å². The molecule has 0 radical (unpaired) electrons. The Morgan fingerprint density at radius 1 is 1.75 bits per heavy atom. The van der Waals surface area contributed by atoms with Crippen molar-refractivity contribution in [3.05, 3.63) is 6.33 Å². The van der Waals surface area contributed by atoms with Gasteiger partial charge in [0.15, 0.2) is 0 Å². The number of hydrogen-bond acceptors (Lipinski definition) is 5. The predicted octanol–water partition coefficient (Wildman–Crippen LogP) is 1.37. The summed E-state index contributed by atoms with van der Waals surface area (Å²) in [6.07, 6.45) is 1.54. The highest BCUT2D eigenvalue weighted by atomic mass is 32.1. The second-order valence-electron chi connectivity index (χ2n) is 2.45. The predicted molar refractivity (Wildman–Crippen MR) is 49.5 cm³/mol. The third kappa shape index (κ3) is 3.15. The van der Waals surface area contributed by atoms with Gasteiger partial charge in [-0.3, -0.25) is 0 Å². The zero-order chi connectivity index (χ0) is 8.81. The molecular weight excluding hydrogens is 174 g/mol. The smallest absolute Gasteiger partial charge is 0.202 e. The highest BCUT2D eigenvalue weighted by Gasteiger charge is 2.02. The largest absolute Gasteiger partial charge is 0.380 e. The first-order valence-corrected chi connectivity index (χ1v) is 4.71. The highest BCUT2D eigenvalue weighted by Crippen LogP contribution is 2.07. The van der Waals surface area contributed by atoms with Gasteiger partial charge >= 0.3 is 0 Å². The minimum absolute atomic E-state index is 0.290. The summed E-state index contributed by atoms with van der Waals surface area (Å²) >= 11 is 1.36. The first kappa shape index (κ1) is 9.41. The summed E-state index contributed by atoms with van der Waals surface area (Å²) < 4.78 is 9.12. The van der Waals surface area contributed by atoms with Crippen molar-refractivity contribution in [1.82, 2.24) is 9.36 Å². The van der Waals surface area contributed by atoms with Crippen molar-refractivity contribution in [3.8, 4) is 0 Å². The van der Waals surface area contributed by atoms with Crippen LogP contribution in [0, 0.1) is 0 Å². The molecule has 1 rings (SSSR count). The molecule has 1 unspecified atom stereocenters. The maximum atomic E-state index is 5.24. The number of hydrogen-bond donors (Lipinski definition) is 1. The topological polar surface area (TPSA) is 47.0 Å². The van der Waals surface area contributed by atoms with Crippen LogP contribution < -0.4 is 5.32 Å². The van der Waals surface area contributed by atoms with E-state index in [0.29, 0.717) is 6.61 Å². The van der Waals surface area contributed by atoms with Crippen LogP contribution in [-0.4, -0.2) is 28.6 Å². The molecule has 0 aliphatic heterocycles. The molecule has 1 N–H and O–H groups in total. The van der Waals surface area contributed by atoms with Crippen LogP contribution in [0.4, 0.5) is 5.13 Å². The molecule has 5 heteroatoms. The number of nitrogens with one attached hydrogen (secondary N) is 1. The molecule has 4 nitrogen and oxygen atoms in total. The molecule has 0 fully saturated rings. The van der Waals surface area contributed by atoms with Gasteiger partial charge < -0.3 is 10.1 Å². The van der Waals surface area contributed by atoms with Gasteiger partial charge in [0, 0.05) is 24.2 Å². The zero-order valence-corrected chi connectivity index (χ0v) is 8.10. The van der Waals surface area contributed by atoms with Gasteiger partial charge in [0.1, 0.15) is 6.33 Å². The standard InChI is InChI=1S/C7H13N3OS/c1-3-11-4-6(2)10-7-8-5-9-12-7/h5-6H,3-4H2,1-2H3,(H,8,9,10). The van der Waals surface area contributed by atoms with Gasteiger partial charge in [-0.2, -0.15) is 4.37 Å². The fraction of sp³-hybridized carbons (Fsp3) is 0.714.